The van der Waals surface area contributed by atoms with Crippen molar-refractivity contribution in [2.24, 2.45) is 0 Å². The Bertz CT molecular complexity index is 747. The number of hydrogen-bond donors (Lipinski definition) is 1. The van der Waals surface area contributed by atoms with Crippen LogP contribution in [0.15, 0.2) is 59.2 Å². The molecule has 0 spiro atoms. The molecule has 112 valence electrons. The van der Waals surface area contributed by atoms with Gasteiger partial charge in [0.2, 0.25) is 0 Å². The monoisotopic (exact) mass is 315 g/mol. The molecule has 0 saturated carbocycles. The van der Waals surface area contributed by atoms with Crippen molar-refractivity contribution < 1.29 is 13.6 Å². The molecular weight excluding hydrogens is 301 g/mol. The molecule has 0 fully saturated rings. The van der Waals surface area contributed by atoms with Gasteiger partial charge in [-0.05, 0) is 42.0 Å². The molecular formula is C17H14FNO2S. The third kappa shape index (κ3) is 3.43. The van der Waals surface area contributed by atoms with Crippen LogP contribution < -0.4 is 5.32 Å². The zero-order valence-corrected chi connectivity index (χ0v) is 12.5. The predicted octanol–water partition coefficient (Wildman–Crippen LogP) is 4.12. The van der Waals surface area contributed by atoms with E-state index in [2.05, 4.69) is 5.32 Å². The Hall–Kier alpha value is -2.40. The molecule has 5 heteroatoms. The van der Waals surface area contributed by atoms with Crippen molar-refractivity contribution in [1.82, 2.24) is 5.32 Å². The van der Waals surface area contributed by atoms with E-state index in [4.69, 9.17) is 4.42 Å². The first-order valence-electron chi connectivity index (χ1n) is 6.89. The van der Waals surface area contributed by atoms with E-state index >= 15 is 0 Å². The predicted molar refractivity (Wildman–Crippen MR) is 84.5 cm³/mol. The molecule has 1 amide bonds. The highest BCUT2D eigenvalue weighted by Crippen LogP contribution is 2.28. The highest BCUT2D eigenvalue weighted by Gasteiger charge is 2.10. The Kier molecular flexibility index (Phi) is 4.34. The minimum atomic E-state index is -0.267. The second kappa shape index (κ2) is 6.58. The standard InChI is InChI=1S/C17H14FNO2S/c18-13-5-3-12(4-6-13)15-7-8-16(22-15)17(20)19-10-9-14-2-1-11-21-14/h1-8,11H,9-10H2,(H,19,20). The normalized spacial score (nSPS) is 10.6. The number of benzene rings is 1. The fourth-order valence-electron chi connectivity index (χ4n) is 2.07. The molecule has 0 radical (unpaired) electrons. The maximum absolute atomic E-state index is 12.9. The number of rotatable bonds is 5. The summed E-state index contributed by atoms with van der Waals surface area (Å²) in [5, 5.41) is 2.86. The molecule has 22 heavy (non-hydrogen) atoms. The maximum atomic E-state index is 12.9. The maximum Gasteiger partial charge on any atom is 0.261 e. The number of thiophene rings is 1. The van der Waals surface area contributed by atoms with Gasteiger partial charge in [0.25, 0.3) is 5.91 Å². The fourth-order valence-corrected chi connectivity index (χ4v) is 3.00. The number of amides is 1. The van der Waals surface area contributed by atoms with Gasteiger partial charge in [-0.25, -0.2) is 4.39 Å². The van der Waals surface area contributed by atoms with E-state index in [0.717, 1.165) is 16.2 Å². The van der Waals surface area contributed by atoms with Crippen molar-refractivity contribution in [2.75, 3.05) is 6.54 Å². The summed E-state index contributed by atoms with van der Waals surface area (Å²) in [6.45, 7) is 0.524. The summed E-state index contributed by atoms with van der Waals surface area (Å²) in [6, 6.07) is 13.6. The van der Waals surface area contributed by atoms with Crippen LogP contribution in [0.2, 0.25) is 0 Å². The van der Waals surface area contributed by atoms with Crippen LogP contribution in [-0.2, 0) is 6.42 Å². The molecule has 0 unspecified atom stereocenters. The minimum absolute atomic E-state index is 0.107. The van der Waals surface area contributed by atoms with Gasteiger partial charge < -0.3 is 9.73 Å². The molecule has 3 nitrogen and oxygen atoms in total. The summed E-state index contributed by atoms with van der Waals surface area (Å²) >= 11 is 1.39. The van der Waals surface area contributed by atoms with Gasteiger partial charge in [-0.15, -0.1) is 11.3 Å². The van der Waals surface area contributed by atoms with Crippen LogP contribution >= 0.6 is 11.3 Å². The van der Waals surface area contributed by atoms with E-state index in [0.29, 0.717) is 17.8 Å². The van der Waals surface area contributed by atoms with Crippen LogP contribution in [0, 0.1) is 5.82 Å². The zero-order valence-electron chi connectivity index (χ0n) is 11.7. The van der Waals surface area contributed by atoms with Crippen molar-refractivity contribution in [3.63, 3.8) is 0 Å². The third-order valence-corrected chi connectivity index (χ3v) is 4.33. The Morgan fingerprint density at radius 1 is 1.14 bits per heavy atom. The summed E-state index contributed by atoms with van der Waals surface area (Å²) < 4.78 is 18.1. The summed E-state index contributed by atoms with van der Waals surface area (Å²) in [7, 11) is 0. The molecule has 0 aliphatic heterocycles. The molecule has 2 heterocycles. The molecule has 2 aromatic heterocycles. The topological polar surface area (TPSA) is 42.2 Å². The lowest BCUT2D eigenvalue weighted by atomic mass is 10.2. The first-order chi connectivity index (χ1) is 10.7. The van der Waals surface area contributed by atoms with E-state index in [1.54, 1.807) is 24.5 Å². The Balaban J connectivity index is 1.60. The van der Waals surface area contributed by atoms with Gasteiger partial charge in [-0.2, -0.15) is 0 Å². The van der Waals surface area contributed by atoms with E-state index in [9.17, 15) is 9.18 Å². The number of carbonyl (C=O) groups excluding carboxylic acids is 1. The van der Waals surface area contributed by atoms with Crippen LogP contribution in [0.1, 0.15) is 15.4 Å². The minimum Gasteiger partial charge on any atom is -0.469 e. The fraction of sp³-hybridized carbons (Fsp3) is 0.118. The van der Waals surface area contributed by atoms with Gasteiger partial charge in [0.15, 0.2) is 0 Å². The van der Waals surface area contributed by atoms with Gasteiger partial charge in [-0.1, -0.05) is 12.1 Å². The first-order valence-corrected chi connectivity index (χ1v) is 7.70. The molecule has 0 bridgehead atoms. The Labute approximate surface area is 131 Å². The largest absolute Gasteiger partial charge is 0.469 e. The molecule has 0 aliphatic carbocycles. The zero-order chi connectivity index (χ0) is 15.4. The highest BCUT2D eigenvalue weighted by molar-refractivity contribution is 7.17. The SMILES string of the molecule is O=C(NCCc1ccco1)c1ccc(-c2ccc(F)cc2)s1. The van der Waals surface area contributed by atoms with Crippen LogP contribution in [0.4, 0.5) is 4.39 Å². The number of carbonyl (C=O) groups is 1. The first kappa shape index (κ1) is 14.5. The van der Waals surface area contributed by atoms with E-state index in [1.165, 1.54) is 23.5 Å². The lowest BCUT2D eigenvalue weighted by Crippen LogP contribution is -2.24. The molecule has 0 atom stereocenters. The molecule has 1 aromatic carbocycles. The van der Waals surface area contributed by atoms with Crippen LogP contribution in [0.25, 0.3) is 10.4 Å². The van der Waals surface area contributed by atoms with Crippen molar-refractivity contribution in [1.29, 1.82) is 0 Å². The molecule has 3 rings (SSSR count). The molecule has 3 aromatic rings. The Morgan fingerprint density at radius 3 is 2.68 bits per heavy atom. The summed E-state index contributed by atoms with van der Waals surface area (Å²) in [5.41, 5.74) is 0.904. The average molecular weight is 315 g/mol. The lowest BCUT2D eigenvalue weighted by molar-refractivity contribution is 0.0958. The quantitative estimate of drug-likeness (QED) is 0.769. The van der Waals surface area contributed by atoms with Crippen LogP contribution in [0.3, 0.4) is 0 Å². The van der Waals surface area contributed by atoms with Gasteiger partial charge in [0.05, 0.1) is 11.1 Å². The van der Waals surface area contributed by atoms with Gasteiger partial charge in [0.1, 0.15) is 11.6 Å². The van der Waals surface area contributed by atoms with Crippen molar-refractivity contribution >= 4 is 17.2 Å². The van der Waals surface area contributed by atoms with E-state index < -0.39 is 0 Å². The Morgan fingerprint density at radius 2 is 1.95 bits per heavy atom. The van der Waals surface area contributed by atoms with Crippen LogP contribution in [0.5, 0.6) is 0 Å². The molecule has 0 aliphatic rings. The lowest BCUT2D eigenvalue weighted by Gasteiger charge is -2.01. The number of nitrogens with one attached hydrogen (secondary N) is 1. The number of furan rings is 1. The third-order valence-electron chi connectivity index (χ3n) is 3.20. The summed E-state index contributed by atoms with van der Waals surface area (Å²) in [6.07, 6.45) is 2.28. The second-order valence-corrected chi connectivity index (χ2v) is 5.84. The molecule has 1 N–H and O–H groups in total. The van der Waals surface area contributed by atoms with E-state index in [1.807, 2.05) is 18.2 Å². The summed E-state index contributed by atoms with van der Waals surface area (Å²) in [5.74, 6) is 0.472. The molecule has 0 saturated heterocycles. The van der Waals surface area contributed by atoms with Gasteiger partial charge in [-0.3, -0.25) is 4.79 Å². The smallest absolute Gasteiger partial charge is 0.261 e. The second-order valence-electron chi connectivity index (χ2n) is 4.76. The number of hydrogen-bond acceptors (Lipinski definition) is 3. The van der Waals surface area contributed by atoms with E-state index in [-0.39, 0.29) is 11.7 Å². The van der Waals surface area contributed by atoms with Crippen molar-refractivity contribution in [3.05, 3.63) is 71.2 Å². The number of halogens is 1. The highest BCUT2D eigenvalue weighted by atomic mass is 32.1. The van der Waals surface area contributed by atoms with Crippen molar-refractivity contribution in [2.45, 2.75) is 6.42 Å². The average Bonchev–Trinajstić information content (AvgIpc) is 3.19. The van der Waals surface area contributed by atoms with Gasteiger partial charge in [0, 0.05) is 17.8 Å². The summed E-state index contributed by atoms with van der Waals surface area (Å²) in [4.78, 5) is 13.7. The van der Waals surface area contributed by atoms with Crippen molar-refractivity contribution in [3.8, 4) is 10.4 Å². The van der Waals surface area contributed by atoms with Gasteiger partial charge >= 0.3 is 0 Å². The van der Waals surface area contributed by atoms with Crippen LogP contribution in [-0.4, -0.2) is 12.5 Å².